The molecule has 0 saturated heterocycles. The number of benzene rings is 2. The van der Waals surface area contributed by atoms with Gasteiger partial charge in [-0.25, -0.2) is 4.39 Å². The normalized spacial score (nSPS) is 10.5. The van der Waals surface area contributed by atoms with Crippen molar-refractivity contribution in [2.24, 2.45) is 0 Å². The first-order valence-corrected chi connectivity index (χ1v) is 5.66. The highest BCUT2D eigenvalue weighted by Gasteiger charge is 2.05. The predicted molar refractivity (Wildman–Crippen MR) is 70.5 cm³/mol. The van der Waals surface area contributed by atoms with Crippen molar-refractivity contribution in [2.45, 2.75) is 6.42 Å². The van der Waals surface area contributed by atoms with Crippen LogP contribution in [-0.4, -0.2) is 13.0 Å². The Bertz CT molecular complexity index is 557. The molecule has 17 heavy (non-hydrogen) atoms. The lowest BCUT2D eigenvalue weighted by Gasteiger charge is -2.06. The molecule has 0 spiro atoms. The van der Waals surface area contributed by atoms with Gasteiger partial charge in [-0.05, 0) is 35.7 Å². The molecule has 0 heterocycles. The molecule has 0 aliphatic heterocycles. The fourth-order valence-electron chi connectivity index (χ4n) is 1.72. The summed E-state index contributed by atoms with van der Waals surface area (Å²) in [5.74, 6) is -0.935. The van der Waals surface area contributed by atoms with Crippen molar-refractivity contribution in [1.29, 1.82) is 0 Å². The minimum Gasteiger partial charge on any atom is -0.505 e. The first kappa shape index (κ1) is 12.0. The van der Waals surface area contributed by atoms with Gasteiger partial charge in [0.2, 0.25) is 0 Å². The Kier molecular flexibility index (Phi) is 3.39. The van der Waals surface area contributed by atoms with Gasteiger partial charge >= 0.3 is 0 Å². The number of phenols is 1. The highest BCUT2D eigenvalue weighted by Crippen LogP contribution is 2.21. The number of rotatable bonds is 2. The van der Waals surface area contributed by atoms with Crippen molar-refractivity contribution in [3.8, 4) is 5.75 Å². The molecule has 2 aromatic rings. The molecule has 0 saturated carbocycles. The highest BCUT2D eigenvalue weighted by molar-refractivity contribution is 6.34. The maximum Gasteiger partial charge on any atom is 0.165 e. The number of hydrogen-bond acceptors (Lipinski definition) is 1. The van der Waals surface area contributed by atoms with E-state index < -0.39 is 5.82 Å². The van der Waals surface area contributed by atoms with Crippen LogP contribution in [-0.2, 0) is 6.42 Å². The number of aromatic hydroxyl groups is 1. The fourth-order valence-corrected chi connectivity index (χ4v) is 1.90. The molecule has 0 fully saturated rings. The maximum atomic E-state index is 13.2. The van der Waals surface area contributed by atoms with E-state index in [1.807, 2.05) is 26.0 Å². The second kappa shape index (κ2) is 4.80. The van der Waals surface area contributed by atoms with Crippen molar-refractivity contribution in [2.75, 3.05) is 0 Å². The van der Waals surface area contributed by atoms with E-state index in [2.05, 4.69) is 0 Å². The van der Waals surface area contributed by atoms with Gasteiger partial charge in [-0.2, -0.15) is 0 Å². The lowest BCUT2D eigenvalue weighted by atomic mass is 9.92. The average Bonchev–Trinajstić information content (AvgIpc) is 2.29. The van der Waals surface area contributed by atoms with Crippen molar-refractivity contribution < 1.29 is 9.50 Å². The van der Waals surface area contributed by atoms with E-state index in [0.717, 1.165) is 16.6 Å². The largest absolute Gasteiger partial charge is 0.505 e. The number of phenolic OH excluding ortho intramolecular Hbond substituents is 1. The van der Waals surface area contributed by atoms with E-state index in [1.54, 1.807) is 6.07 Å². The van der Waals surface area contributed by atoms with Gasteiger partial charge in [-0.1, -0.05) is 35.3 Å². The van der Waals surface area contributed by atoms with Gasteiger partial charge in [0.1, 0.15) is 7.85 Å². The summed E-state index contributed by atoms with van der Waals surface area (Å²) >= 11 is 6.07. The Morgan fingerprint density at radius 3 is 2.65 bits per heavy atom. The van der Waals surface area contributed by atoms with E-state index in [0.29, 0.717) is 11.4 Å². The molecule has 86 valence electrons. The third-order valence-corrected chi connectivity index (χ3v) is 2.98. The molecule has 0 aliphatic carbocycles. The second-order valence-electron chi connectivity index (χ2n) is 4.06. The van der Waals surface area contributed by atoms with E-state index >= 15 is 0 Å². The summed E-state index contributed by atoms with van der Waals surface area (Å²) in [6.07, 6.45) is 0.553. The van der Waals surface area contributed by atoms with Crippen molar-refractivity contribution in [3.05, 3.63) is 58.4 Å². The van der Waals surface area contributed by atoms with Crippen LogP contribution in [0.5, 0.6) is 5.75 Å². The molecule has 0 amide bonds. The van der Waals surface area contributed by atoms with E-state index in [1.165, 1.54) is 12.1 Å². The zero-order chi connectivity index (χ0) is 12.4. The standard InChI is InChI=1S/C13H11BClFO/c14-10-2-3-11(15)9(7-10)5-8-1-4-13(17)12(16)6-8/h1-4,6-7,17H,5,14H2. The van der Waals surface area contributed by atoms with Crippen molar-refractivity contribution >= 4 is 24.9 Å². The molecular formula is C13H11BClFO. The minimum atomic E-state index is -0.605. The number of halogens is 2. The molecule has 0 unspecified atom stereocenters. The molecule has 0 aromatic heterocycles. The van der Waals surface area contributed by atoms with Crippen molar-refractivity contribution in [1.82, 2.24) is 0 Å². The lowest BCUT2D eigenvalue weighted by Crippen LogP contribution is -2.03. The van der Waals surface area contributed by atoms with Gasteiger partial charge < -0.3 is 5.11 Å². The van der Waals surface area contributed by atoms with Crippen LogP contribution in [0, 0.1) is 5.82 Å². The SMILES string of the molecule is Bc1ccc(Cl)c(Cc2ccc(O)c(F)c2)c1. The summed E-state index contributed by atoms with van der Waals surface area (Å²) in [7, 11) is 1.98. The number of hydrogen-bond donors (Lipinski definition) is 1. The van der Waals surface area contributed by atoms with Crippen LogP contribution in [0.25, 0.3) is 0 Å². The predicted octanol–water partition coefficient (Wildman–Crippen LogP) is 2.03. The van der Waals surface area contributed by atoms with Crippen LogP contribution >= 0.6 is 11.6 Å². The van der Waals surface area contributed by atoms with Gasteiger partial charge in [0, 0.05) is 5.02 Å². The second-order valence-corrected chi connectivity index (χ2v) is 4.46. The molecule has 2 rings (SSSR count). The minimum absolute atomic E-state index is 0.330. The first-order chi connectivity index (χ1) is 8.06. The van der Waals surface area contributed by atoms with Gasteiger partial charge in [0.25, 0.3) is 0 Å². The van der Waals surface area contributed by atoms with Crippen molar-refractivity contribution in [3.63, 3.8) is 0 Å². The fraction of sp³-hybridized carbons (Fsp3) is 0.0769. The van der Waals surface area contributed by atoms with Gasteiger partial charge in [-0.3, -0.25) is 0 Å². The van der Waals surface area contributed by atoms with Crippen LogP contribution < -0.4 is 5.46 Å². The van der Waals surface area contributed by atoms with Crippen LogP contribution in [0.4, 0.5) is 4.39 Å². The average molecular weight is 248 g/mol. The Labute approximate surface area is 105 Å². The third-order valence-electron chi connectivity index (χ3n) is 2.61. The summed E-state index contributed by atoms with van der Waals surface area (Å²) in [6, 6.07) is 10.1. The molecule has 0 radical (unpaired) electrons. The molecule has 0 atom stereocenters. The summed E-state index contributed by atoms with van der Waals surface area (Å²) < 4.78 is 13.2. The van der Waals surface area contributed by atoms with Gasteiger partial charge in [0.05, 0.1) is 0 Å². The Hall–Kier alpha value is -1.48. The molecule has 0 aliphatic rings. The smallest absolute Gasteiger partial charge is 0.165 e. The quantitative estimate of drug-likeness (QED) is 0.807. The van der Waals surface area contributed by atoms with Crippen LogP contribution in [0.2, 0.25) is 5.02 Å². The lowest BCUT2D eigenvalue weighted by molar-refractivity contribution is 0.432. The summed E-state index contributed by atoms with van der Waals surface area (Å²) in [5, 5.41) is 9.78. The molecule has 1 N–H and O–H groups in total. The Morgan fingerprint density at radius 2 is 1.94 bits per heavy atom. The molecule has 0 bridgehead atoms. The monoisotopic (exact) mass is 248 g/mol. The van der Waals surface area contributed by atoms with Crippen LogP contribution in [0.15, 0.2) is 36.4 Å². The Morgan fingerprint density at radius 1 is 1.18 bits per heavy atom. The van der Waals surface area contributed by atoms with E-state index in [9.17, 15) is 4.39 Å². The molecule has 4 heteroatoms. The van der Waals surface area contributed by atoms with Gasteiger partial charge in [-0.15, -0.1) is 0 Å². The van der Waals surface area contributed by atoms with E-state index in [4.69, 9.17) is 16.7 Å². The summed E-state index contributed by atoms with van der Waals surface area (Å²) in [4.78, 5) is 0. The molecule has 2 aromatic carbocycles. The molecular weight excluding hydrogens is 237 g/mol. The Balaban J connectivity index is 2.31. The van der Waals surface area contributed by atoms with Gasteiger partial charge in [0.15, 0.2) is 11.6 Å². The zero-order valence-corrected chi connectivity index (χ0v) is 10.1. The summed E-state index contributed by atoms with van der Waals surface area (Å²) in [5.41, 5.74) is 2.85. The summed E-state index contributed by atoms with van der Waals surface area (Å²) in [6.45, 7) is 0. The van der Waals surface area contributed by atoms with E-state index in [-0.39, 0.29) is 5.75 Å². The molecule has 1 nitrogen and oxygen atoms in total. The third kappa shape index (κ3) is 2.80. The zero-order valence-electron chi connectivity index (χ0n) is 9.37. The first-order valence-electron chi connectivity index (χ1n) is 5.28. The highest BCUT2D eigenvalue weighted by atomic mass is 35.5. The topological polar surface area (TPSA) is 20.2 Å². The van der Waals surface area contributed by atoms with Crippen LogP contribution in [0.3, 0.4) is 0 Å². The maximum absolute atomic E-state index is 13.2. The van der Waals surface area contributed by atoms with Crippen LogP contribution in [0.1, 0.15) is 11.1 Å².